The van der Waals surface area contributed by atoms with Crippen LogP contribution in [0.15, 0.2) is 72.8 Å². The average Bonchev–Trinajstić information content (AvgIpc) is 3.71. The maximum atomic E-state index is 13.6. The molecule has 0 radical (unpaired) electrons. The van der Waals surface area contributed by atoms with E-state index in [1.165, 1.54) is 11.1 Å². The quantitative estimate of drug-likeness (QED) is 0.499. The molecule has 2 heterocycles. The average molecular weight is 494 g/mol. The molecule has 1 atom stereocenters. The summed E-state index contributed by atoms with van der Waals surface area (Å²) in [5.74, 6) is -0.502. The van der Waals surface area contributed by atoms with Crippen LogP contribution in [0.3, 0.4) is 0 Å². The van der Waals surface area contributed by atoms with Crippen LogP contribution < -0.4 is 5.32 Å². The molecule has 37 heavy (non-hydrogen) atoms. The zero-order valence-electron chi connectivity index (χ0n) is 20.9. The minimum atomic E-state index is -0.243. The number of carbonyl (C=O) groups excluding carboxylic acids is 3. The Hall–Kier alpha value is -3.77. The number of hydrogen-bond acceptors (Lipinski definition) is 4. The molecule has 2 amide bonds. The van der Waals surface area contributed by atoms with Crippen molar-refractivity contribution in [2.75, 3.05) is 31.5 Å². The highest BCUT2D eigenvalue weighted by Gasteiger charge is 2.51. The number of amides is 2. The first kappa shape index (κ1) is 23.6. The van der Waals surface area contributed by atoms with Crippen LogP contribution in [0.5, 0.6) is 0 Å². The van der Waals surface area contributed by atoms with Crippen molar-refractivity contribution in [3.63, 3.8) is 0 Å². The van der Waals surface area contributed by atoms with E-state index in [-0.39, 0.29) is 23.1 Å². The molecule has 188 valence electrons. The Balaban J connectivity index is 1.17. The summed E-state index contributed by atoms with van der Waals surface area (Å²) in [7, 11) is 0. The highest BCUT2D eigenvalue weighted by atomic mass is 16.2. The molecule has 3 aromatic rings. The van der Waals surface area contributed by atoms with Crippen molar-refractivity contribution in [3.05, 3.63) is 101 Å². The fraction of sp³-hybridized carbons (Fsp3) is 0.323. The second kappa shape index (κ2) is 9.60. The van der Waals surface area contributed by atoms with Crippen molar-refractivity contribution in [2.45, 2.75) is 31.2 Å². The molecule has 3 aromatic carbocycles. The maximum absolute atomic E-state index is 13.6. The number of hydrogen-bond donors (Lipinski definition) is 1. The van der Waals surface area contributed by atoms with Gasteiger partial charge in [-0.25, -0.2) is 0 Å². The van der Waals surface area contributed by atoms with Gasteiger partial charge in [-0.2, -0.15) is 0 Å². The lowest BCUT2D eigenvalue weighted by molar-refractivity contribution is -0.112. The maximum Gasteiger partial charge on any atom is 0.255 e. The van der Waals surface area contributed by atoms with Gasteiger partial charge >= 0.3 is 0 Å². The Morgan fingerprint density at radius 2 is 1.73 bits per heavy atom. The fourth-order valence-electron chi connectivity index (χ4n) is 5.94. The highest BCUT2D eigenvalue weighted by Crippen LogP contribution is 2.52. The molecule has 0 saturated heterocycles. The van der Waals surface area contributed by atoms with Crippen molar-refractivity contribution in [1.29, 1.82) is 0 Å². The van der Waals surface area contributed by atoms with Crippen LogP contribution in [0.4, 0.5) is 5.69 Å². The summed E-state index contributed by atoms with van der Waals surface area (Å²) in [6, 6.07) is 23.2. The van der Waals surface area contributed by atoms with Gasteiger partial charge in [0.05, 0.1) is 0 Å². The van der Waals surface area contributed by atoms with E-state index in [1.54, 1.807) is 12.1 Å². The molecule has 1 N–H and O–H groups in total. The van der Waals surface area contributed by atoms with Gasteiger partial charge in [0.2, 0.25) is 0 Å². The SMILES string of the molecule is O=C[C@H](CN1CCc2ccccc2C1)CN1CC2(CC2)c2ccc(NC(=O)c3ccccc3)cc2C1=O. The number of fused-ring (bicyclic) bond motifs is 3. The summed E-state index contributed by atoms with van der Waals surface area (Å²) < 4.78 is 0. The number of benzene rings is 3. The third-order valence-electron chi connectivity index (χ3n) is 8.10. The van der Waals surface area contributed by atoms with Crippen LogP contribution in [0, 0.1) is 5.92 Å². The molecule has 6 rings (SSSR count). The second-order valence-corrected chi connectivity index (χ2v) is 10.7. The van der Waals surface area contributed by atoms with Crippen LogP contribution in [0.2, 0.25) is 0 Å². The first-order valence-electron chi connectivity index (χ1n) is 13.1. The molecule has 0 aromatic heterocycles. The van der Waals surface area contributed by atoms with Crippen molar-refractivity contribution in [2.24, 2.45) is 5.92 Å². The van der Waals surface area contributed by atoms with Gasteiger partial charge < -0.3 is 15.0 Å². The molecule has 1 spiro atoms. The van der Waals surface area contributed by atoms with Crippen LogP contribution in [0.25, 0.3) is 0 Å². The Kier molecular flexibility index (Phi) is 6.13. The van der Waals surface area contributed by atoms with E-state index in [0.717, 1.165) is 44.2 Å². The zero-order valence-corrected chi connectivity index (χ0v) is 20.9. The largest absolute Gasteiger partial charge is 0.337 e. The number of aldehydes is 1. The molecule has 2 aliphatic heterocycles. The zero-order chi connectivity index (χ0) is 25.4. The lowest BCUT2D eigenvalue weighted by atomic mass is 9.85. The van der Waals surface area contributed by atoms with Gasteiger partial charge in [-0.1, -0.05) is 48.5 Å². The summed E-state index contributed by atoms with van der Waals surface area (Å²) in [6.45, 7) is 3.48. The summed E-state index contributed by atoms with van der Waals surface area (Å²) in [5.41, 5.74) is 5.58. The van der Waals surface area contributed by atoms with E-state index in [0.29, 0.717) is 36.4 Å². The topological polar surface area (TPSA) is 69.7 Å². The summed E-state index contributed by atoms with van der Waals surface area (Å²) in [6.07, 6.45) is 4.07. The van der Waals surface area contributed by atoms with E-state index in [4.69, 9.17) is 0 Å². The van der Waals surface area contributed by atoms with Gasteiger partial charge in [0.1, 0.15) is 6.29 Å². The fourth-order valence-corrected chi connectivity index (χ4v) is 5.94. The van der Waals surface area contributed by atoms with Crippen LogP contribution in [-0.2, 0) is 23.2 Å². The van der Waals surface area contributed by atoms with Crippen molar-refractivity contribution < 1.29 is 14.4 Å². The number of carbonyl (C=O) groups is 3. The minimum Gasteiger partial charge on any atom is -0.337 e. The van der Waals surface area contributed by atoms with Gasteiger partial charge in [-0.05, 0) is 60.2 Å². The van der Waals surface area contributed by atoms with Crippen LogP contribution in [-0.4, -0.2) is 54.1 Å². The molecule has 1 aliphatic carbocycles. The molecule has 0 bridgehead atoms. The smallest absolute Gasteiger partial charge is 0.255 e. The molecular formula is C31H31N3O3. The van der Waals surface area contributed by atoms with Crippen LogP contribution in [0.1, 0.15) is 50.2 Å². The first-order valence-corrected chi connectivity index (χ1v) is 13.1. The molecule has 6 nitrogen and oxygen atoms in total. The molecule has 0 unspecified atom stereocenters. The Morgan fingerprint density at radius 1 is 0.973 bits per heavy atom. The monoisotopic (exact) mass is 493 g/mol. The summed E-state index contributed by atoms with van der Waals surface area (Å²) in [4.78, 5) is 42.6. The molecular weight excluding hydrogens is 462 g/mol. The minimum absolute atomic E-state index is 0.0251. The molecule has 1 fully saturated rings. The number of nitrogens with one attached hydrogen (secondary N) is 1. The highest BCUT2D eigenvalue weighted by molar-refractivity contribution is 6.05. The van der Waals surface area contributed by atoms with E-state index >= 15 is 0 Å². The number of rotatable bonds is 7. The summed E-state index contributed by atoms with van der Waals surface area (Å²) in [5, 5.41) is 2.93. The van der Waals surface area contributed by atoms with Gasteiger partial charge in [-0.3, -0.25) is 14.5 Å². The molecule has 1 saturated carbocycles. The summed E-state index contributed by atoms with van der Waals surface area (Å²) >= 11 is 0. The Bertz CT molecular complexity index is 1350. The van der Waals surface area contributed by atoms with E-state index in [1.807, 2.05) is 41.3 Å². The van der Waals surface area contributed by atoms with E-state index in [9.17, 15) is 14.4 Å². The predicted octanol–water partition coefficient (Wildman–Crippen LogP) is 4.30. The standard InChI is InChI=1S/C31H31N3O3/c35-20-22(17-33-15-12-23-6-4-5-9-25(23)19-33)18-34-21-31(13-14-31)28-11-10-26(16-27(28)30(34)37)32-29(36)24-7-2-1-3-8-24/h1-11,16,20,22H,12-15,17-19,21H2,(H,32,36)/t22-/m1/s1. The lowest BCUT2D eigenvalue weighted by Gasteiger charge is -2.37. The Morgan fingerprint density at radius 3 is 2.49 bits per heavy atom. The van der Waals surface area contributed by atoms with Gasteiger partial charge in [0.15, 0.2) is 0 Å². The Labute approximate surface area is 217 Å². The van der Waals surface area contributed by atoms with E-state index in [2.05, 4.69) is 34.5 Å². The third-order valence-corrected chi connectivity index (χ3v) is 8.10. The van der Waals surface area contributed by atoms with Gasteiger partial charge in [-0.15, -0.1) is 0 Å². The van der Waals surface area contributed by atoms with Gasteiger partial charge in [0.25, 0.3) is 11.8 Å². The first-order chi connectivity index (χ1) is 18.0. The normalized spacial score (nSPS) is 18.6. The van der Waals surface area contributed by atoms with Crippen molar-refractivity contribution in [1.82, 2.24) is 9.80 Å². The van der Waals surface area contributed by atoms with E-state index < -0.39 is 0 Å². The third kappa shape index (κ3) is 4.69. The number of anilines is 1. The molecule has 6 heteroatoms. The second-order valence-electron chi connectivity index (χ2n) is 10.7. The molecule has 3 aliphatic rings. The lowest BCUT2D eigenvalue weighted by Crippen LogP contribution is -2.47. The predicted molar refractivity (Wildman–Crippen MR) is 143 cm³/mol. The van der Waals surface area contributed by atoms with Crippen molar-refractivity contribution in [3.8, 4) is 0 Å². The van der Waals surface area contributed by atoms with Crippen LogP contribution >= 0.6 is 0 Å². The number of nitrogens with zero attached hydrogens (tertiary/aromatic N) is 2. The van der Waals surface area contributed by atoms with Crippen molar-refractivity contribution >= 4 is 23.8 Å². The van der Waals surface area contributed by atoms with Gasteiger partial charge in [0, 0.05) is 60.9 Å².